The Hall–Kier alpha value is -5.70. The van der Waals surface area contributed by atoms with Crippen LogP contribution in [0, 0.1) is 18.6 Å². The molecule has 0 bridgehead atoms. The topological polar surface area (TPSA) is 207 Å². The highest BCUT2D eigenvalue weighted by Gasteiger charge is 2.34. The normalized spacial score (nSPS) is 20.1. The average Bonchev–Trinajstić information content (AvgIpc) is 4.49. The molecule has 0 radical (unpaired) electrons. The van der Waals surface area contributed by atoms with Gasteiger partial charge >= 0.3 is 0 Å². The molecular formula is C62H60Cl2F2O11S5. The summed E-state index contributed by atoms with van der Waals surface area (Å²) in [6.45, 7) is 9.35. The number of rotatable bonds is 11. The lowest BCUT2D eigenvalue weighted by Gasteiger charge is -2.12. The van der Waals surface area contributed by atoms with E-state index in [-0.39, 0.29) is 102 Å². The van der Waals surface area contributed by atoms with Crippen LogP contribution in [-0.4, -0.2) is 88.3 Å². The van der Waals surface area contributed by atoms with Crippen molar-refractivity contribution in [2.75, 3.05) is 28.8 Å². The fourth-order valence-corrected chi connectivity index (χ4v) is 15.9. The molecule has 20 heteroatoms. The van der Waals surface area contributed by atoms with E-state index in [1.807, 2.05) is 55.5 Å². The molecule has 432 valence electrons. The van der Waals surface area contributed by atoms with Gasteiger partial charge in [-0.25, -0.2) is 8.78 Å². The van der Waals surface area contributed by atoms with E-state index in [1.165, 1.54) is 99.7 Å². The van der Waals surface area contributed by atoms with Crippen molar-refractivity contribution in [1.29, 1.82) is 0 Å². The minimum Gasteiger partial charge on any atom is -0.510 e. The van der Waals surface area contributed by atoms with Crippen LogP contribution < -0.4 is 0 Å². The fourth-order valence-electron chi connectivity index (χ4n) is 8.61. The van der Waals surface area contributed by atoms with Crippen LogP contribution in [0.2, 0.25) is 10.0 Å². The van der Waals surface area contributed by atoms with Crippen LogP contribution in [0.15, 0.2) is 172 Å². The molecule has 5 aliphatic rings. The summed E-state index contributed by atoms with van der Waals surface area (Å²) in [6, 6.07) is 32.7. The van der Waals surface area contributed by atoms with E-state index in [9.17, 15) is 58.3 Å². The van der Waals surface area contributed by atoms with Crippen molar-refractivity contribution in [3.05, 3.63) is 233 Å². The Morgan fingerprint density at radius 1 is 0.439 bits per heavy atom. The number of ketones is 5. The number of hydrogen-bond donors (Lipinski definition) is 6. The van der Waals surface area contributed by atoms with Gasteiger partial charge in [-0.3, -0.25) is 24.0 Å². The summed E-state index contributed by atoms with van der Waals surface area (Å²) in [5.41, 5.74) is 8.83. The van der Waals surface area contributed by atoms with Gasteiger partial charge in [0.25, 0.3) is 0 Å². The van der Waals surface area contributed by atoms with Gasteiger partial charge in [0.2, 0.25) is 0 Å². The SMILES string of the molecule is CC(=O)C1=C(O)C(c2ccc(C)cc2)SC1.CC(=O)C1=C(O)C(c2ccc(CO)cc2)SC1.CC(=O)C1=C(O)C(c2ccc(Cl)cc2Cl)SC1.CC(=O)C1=C(O)C(c2ccc(F)cc2)SC1.CC(=O)C1=C(O)C(c2cccc(F)c2)SC1. The van der Waals surface area contributed by atoms with Gasteiger partial charge in [-0.2, -0.15) is 0 Å². The third-order valence-corrected chi connectivity index (χ3v) is 20.3. The first-order valence-corrected chi connectivity index (χ1v) is 31.4. The summed E-state index contributed by atoms with van der Waals surface area (Å²) < 4.78 is 25.8. The number of benzene rings is 5. The van der Waals surface area contributed by atoms with Gasteiger partial charge in [-0.05, 0) is 111 Å². The highest BCUT2D eigenvalue weighted by molar-refractivity contribution is 8.01. The number of aliphatic hydroxyl groups is 6. The number of aryl methyl sites for hydroxylation is 1. The van der Waals surface area contributed by atoms with E-state index in [0.29, 0.717) is 72.2 Å². The van der Waals surface area contributed by atoms with Gasteiger partial charge < -0.3 is 30.6 Å². The molecule has 0 amide bonds. The van der Waals surface area contributed by atoms with Gasteiger partial charge in [0, 0.05) is 66.7 Å². The van der Waals surface area contributed by atoms with E-state index < -0.39 is 0 Å². The predicted molar refractivity (Wildman–Crippen MR) is 330 cm³/mol. The van der Waals surface area contributed by atoms with Gasteiger partial charge in [0.15, 0.2) is 28.9 Å². The number of thioether (sulfide) groups is 5. The van der Waals surface area contributed by atoms with Crippen LogP contribution in [-0.2, 0) is 30.6 Å². The zero-order valence-electron chi connectivity index (χ0n) is 45.4. The maximum atomic E-state index is 13.0. The molecule has 5 aromatic carbocycles. The van der Waals surface area contributed by atoms with Crippen molar-refractivity contribution in [2.45, 2.75) is 74.4 Å². The van der Waals surface area contributed by atoms with E-state index >= 15 is 0 Å². The average molecular weight is 1250 g/mol. The second kappa shape index (κ2) is 30.2. The number of Topliss-reactive ketones (excluding diaryl/α,β-unsaturated/α-hetero) is 5. The molecule has 10 rings (SSSR count). The summed E-state index contributed by atoms with van der Waals surface area (Å²) in [7, 11) is 0. The molecule has 5 heterocycles. The van der Waals surface area contributed by atoms with Gasteiger partial charge in [0.05, 0.1) is 32.9 Å². The van der Waals surface area contributed by atoms with E-state index in [1.54, 1.807) is 66.0 Å². The molecule has 11 nitrogen and oxygen atoms in total. The largest absolute Gasteiger partial charge is 0.510 e. The maximum Gasteiger partial charge on any atom is 0.160 e. The van der Waals surface area contributed by atoms with Crippen molar-refractivity contribution in [3.8, 4) is 0 Å². The fraction of sp³-hybridized carbons (Fsp3) is 0.274. The molecule has 5 atom stereocenters. The Kier molecular flexibility index (Phi) is 24.1. The second-order valence-electron chi connectivity index (χ2n) is 19.1. The lowest BCUT2D eigenvalue weighted by atomic mass is 10.0. The zero-order valence-corrected chi connectivity index (χ0v) is 51.0. The van der Waals surface area contributed by atoms with Crippen LogP contribution in [0.1, 0.15) is 99.8 Å². The standard InChI is InChI=1S/C13H14O3S.C13H14O2S.C12H10Cl2O2S.2C12H11FO2S/c1-8(15)11-7-17-13(12(11)16)10-4-2-9(6-14)3-5-10;1-8-3-5-10(6-4-8)13-12(15)11(7-16-13)9(2)14;1-6(15)9-5-17-12(11(9)16)8-3-2-7(13)4-10(8)14;1-7(14)10-6-16-12(11(10)15)8-2-4-9(13)5-3-8;1-7(14)10-6-16-12(11(10)15)8-3-2-4-9(13)5-8/h2-5,13-14,16H,6-7H2,1H3;3-6,13,15H,7H2,1-2H3;2-4,12,16H,5H2,1H3;2*2-5,12,15H,6H2,1H3. The summed E-state index contributed by atoms with van der Waals surface area (Å²) >= 11 is 19.5. The first kappa shape index (κ1) is 65.5. The molecule has 0 fully saturated rings. The molecule has 0 saturated carbocycles. The molecule has 6 N–H and O–H groups in total. The molecule has 0 saturated heterocycles. The molecule has 0 aliphatic carbocycles. The Bertz CT molecular complexity index is 3290. The van der Waals surface area contributed by atoms with Crippen LogP contribution in [0.25, 0.3) is 0 Å². The monoisotopic (exact) mass is 1250 g/mol. The first-order valence-electron chi connectivity index (χ1n) is 25.4. The quantitative estimate of drug-likeness (QED) is 0.0727. The third-order valence-electron chi connectivity index (χ3n) is 13.3. The first-order chi connectivity index (χ1) is 38.9. The van der Waals surface area contributed by atoms with Crippen molar-refractivity contribution in [3.63, 3.8) is 0 Å². The molecule has 5 unspecified atom stereocenters. The zero-order chi connectivity index (χ0) is 60.1. The highest BCUT2D eigenvalue weighted by atomic mass is 35.5. The molecule has 5 aromatic rings. The Balaban J connectivity index is 0.000000165. The number of aliphatic hydroxyl groups excluding tert-OH is 6. The van der Waals surface area contributed by atoms with Crippen LogP contribution >= 0.6 is 82.0 Å². The number of carbonyl (C=O) groups is 5. The van der Waals surface area contributed by atoms with E-state index in [2.05, 4.69) is 0 Å². The van der Waals surface area contributed by atoms with Crippen LogP contribution in [0.3, 0.4) is 0 Å². The third kappa shape index (κ3) is 16.8. The van der Waals surface area contributed by atoms with Gasteiger partial charge in [-0.1, -0.05) is 108 Å². The molecule has 0 aromatic heterocycles. The van der Waals surface area contributed by atoms with Crippen molar-refractivity contribution in [1.82, 2.24) is 0 Å². The molecular weight excluding hydrogens is 1190 g/mol. The minimum atomic E-state index is -0.331. The molecule has 5 aliphatic heterocycles. The summed E-state index contributed by atoms with van der Waals surface area (Å²) in [5, 5.41) is 58.7. The van der Waals surface area contributed by atoms with Crippen molar-refractivity contribution >= 4 is 111 Å². The van der Waals surface area contributed by atoms with Gasteiger partial charge in [0.1, 0.15) is 40.4 Å². The molecule has 0 spiro atoms. The van der Waals surface area contributed by atoms with Crippen molar-refractivity contribution < 1.29 is 63.4 Å². The van der Waals surface area contributed by atoms with Crippen LogP contribution in [0.4, 0.5) is 8.78 Å². The summed E-state index contributed by atoms with van der Waals surface area (Å²) in [5.74, 6) is 2.37. The second-order valence-corrected chi connectivity index (χ2v) is 25.4. The maximum absolute atomic E-state index is 13.0. The Labute approximate surface area is 506 Å². The van der Waals surface area contributed by atoms with Crippen LogP contribution in [0.5, 0.6) is 0 Å². The van der Waals surface area contributed by atoms with Crippen molar-refractivity contribution in [2.24, 2.45) is 0 Å². The smallest absolute Gasteiger partial charge is 0.160 e. The predicted octanol–water partition coefficient (Wildman–Crippen LogP) is 15.8. The summed E-state index contributed by atoms with van der Waals surface area (Å²) in [6.07, 6.45) is 0. The van der Waals surface area contributed by atoms with E-state index in [4.69, 9.17) is 28.3 Å². The number of carbonyl (C=O) groups excluding carboxylic acids is 5. The summed E-state index contributed by atoms with van der Waals surface area (Å²) in [4.78, 5) is 56.2. The Morgan fingerprint density at radius 2 is 0.780 bits per heavy atom. The highest BCUT2D eigenvalue weighted by Crippen LogP contribution is 2.48. The lowest BCUT2D eigenvalue weighted by Crippen LogP contribution is -2.01. The molecule has 82 heavy (non-hydrogen) atoms. The van der Waals surface area contributed by atoms with E-state index in [0.717, 1.165) is 27.8 Å². The number of hydrogen-bond acceptors (Lipinski definition) is 16. The Morgan fingerprint density at radius 3 is 1.12 bits per heavy atom. The minimum absolute atomic E-state index is 0.0125. The van der Waals surface area contributed by atoms with Gasteiger partial charge in [-0.15, -0.1) is 58.8 Å². The number of halogens is 4. The lowest BCUT2D eigenvalue weighted by molar-refractivity contribution is -0.114.